The van der Waals surface area contributed by atoms with Crippen LogP contribution in [-0.2, 0) is 4.79 Å². The van der Waals surface area contributed by atoms with Gasteiger partial charge in [0.25, 0.3) is 0 Å². The zero-order chi connectivity index (χ0) is 18.4. The SMILES string of the molecule is CCOc1ccc(C=CC(=O)Nc2ccc3c(c2)OCCO3)cc1OC. The minimum Gasteiger partial charge on any atom is -0.493 e. The fraction of sp³-hybridized carbons (Fsp3) is 0.250. The topological polar surface area (TPSA) is 66.0 Å². The summed E-state index contributed by atoms with van der Waals surface area (Å²) in [6, 6.07) is 10.8. The molecule has 1 amide bonds. The monoisotopic (exact) mass is 355 g/mol. The fourth-order valence-electron chi connectivity index (χ4n) is 2.54. The van der Waals surface area contributed by atoms with E-state index in [-0.39, 0.29) is 5.91 Å². The van der Waals surface area contributed by atoms with Crippen molar-refractivity contribution in [2.24, 2.45) is 0 Å². The van der Waals surface area contributed by atoms with Gasteiger partial charge in [0.15, 0.2) is 23.0 Å². The number of ether oxygens (including phenoxy) is 4. The smallest absolute Gasteiger partial charge is 0.248 e. The molecule has 0 saturated heterocycles. The van der Waals surface area contributed by atoms with Crippen molar-refractivity contribution < 1.29 is 23.7 Å². The number of amides is 1. The van der Waals surface area contributed by atoms with Gasteiger partial charge >= 0.3 is 0 Å². The molecule has 0 bridgehead atoms. The molecule has 1 aliphatic heterocycles. The molecule has 0 unspecified atom stereocenters. The van der Waals surface area contributed by atoms with Crippen molar-refractivity contribution in [2.75, 3.05) is 32.2 Å². The normalized spacial score (nSPS) is 12.7. The van der Waals surface area contributed by atoms with E-state index in [0.717, 1.165) is 5.56 Å². The number of carbonyl (C=O) groups is 1. The molecule has 26 heavy (non-hydrogen) atoms. The zero-order valence-corrected chi connectivity index (χ0v) is 14.8. The number of benzene rings is 2. The highest BCUT2D eigenvalue weighted by atomic mass is 16.6. The maximum Gasteiger partial charge on any atom is 0.248 e. The molecule has 1 heterocycles. The van der Waals surface area contributed by atoms with E-state index in [1.54, 1.807) is 31.4 Å². The standard InChI is InChI=1S/C20H21NO5/c1-3-24-16-7-4-14(12-18(16)23-2)5-9-20(22)21-15-6-8-17-19(13-15)26-11-10-25-17/h4-9,12-13H,3,10-11H2,1-2H3,(H,21,22). The molecule has 0 radical (unpaired) electrons. The van der Waals surface area contributed by atoms with E-state index < -0.39 is 0 Å². The van der Waals surface area contributed by atoms with Gasteiger partial charge in [0.05, 0.1) is 13.7 Å². The summed E-state index contributed by atoms with van der Waals surface area (Å²) in [6.07, 6.45) is 3.18. The van der Waals surface area contributed by atoms with Crippen LogP contribution in [-0.4, -0.2) is 32.8 Å². The molecule has 6 nitrogen and oxygen atoms in total. The Kier molecular flexibility index (Phi) is 5.63. The van der Waals surface area contributed by atoms with Gasteiger partial charge in [0.2, 0.25) is 5.91 Å². The van der Waals surface area contributed by atoms with Crippen LogP contribution in [0.1, 0.15) is 12.5 Å². The number of nitrogens with one attached hydrogen (secondary N) is 1. The van der Waals surface area contributed by atoms with Crippen molar-refractivity contribution in [3.8, 4) is 23.0 Å². The number of carbonyl (C=O) groups excluding carboxylic acids is 1. The van der Waals surface area contributed by atoms with Crippen LogP contribution in [0, 0.1) is 0 Å². The van der Waals surface area contributed by atoms with E-state index in [1.165, 1.54) is 6.08 Å². The summed E-state index contributed by atoms with van der Waals surface area (Å²) in [4.78, 5) is 12.2. The molecule has 0 spiro atoms. The largest absolute Gasteiger partial charge is 0.493 e. The predicted molar refractivity (Wildman–Crippen MR) is 99.3 cm³/mol. The van der Waals surface area contributed by atoms with E-state index in [4.69, 9.17) is 18.9 Å². The molecule has 1 aliphatic rings. The van der Waals surface area contributed by atoms with Crippen molar-refractivity contribution in [2.45, 2.75) is 6.92 Å². The average Bonchev–Trinajstić information content (AvgIpc) is 2.67. The quantitative estimate of drug-likeness (QED) is 0.803. The Hall–Kier alpha value is -3.15. The number of hydrogen-bond acceptors (Lipinski definition) is 5. The summed E-state index contributed by atoms with van der Waals surface area (Å²) in [7, 11) is 1.58. The second kappa shape index (κ2) is 8.29. The van der Waals surface area contributed by atoms with E-state index in [0.29, 0.717) is 48.5 Å². The average molecular weight is 355 g/mol. The third-order valence-corrected chi connectivity index (χ3v) is 3.72. The van der Waals surface area contributed by atoms with Crippen molar-refractivity contribution >= 4 is 17.7 Å². The van der Waals surface area contributed by atoms with Gasteiger partial charge in [0.1, 0.15) is 13.2 Å². The van der Waals surface area contributed by atoms with Gasteiger partial charge in [-0.1, -0.05) is 6.07 Å². The first-order valence-electron chi connectivity index (χ1n) is 8.39. The van der Waals surface area contributed by atoms with Gasteiger partial charge in [-0.15, -0.1) is 0 Å². The molecule has 2 aromatic carbocycles. The van der Waals surface area contributed by atoms with E-state index in [1.807, 2.05) is 25.1 Å². The summed E-state index contributed by atoms with van der Waals surface area (Å²) in [5, 5.41) is 2.81. The first-order chi connectivity index (χ1) is 12.7. The van der Waals surface area contributed by atoms with Gasteiger partial charge in [-0.05, 0) is 42.8 Å². The molecule has 0 fully saturated rings. The lowest BCUT2D eigenvalue weighted by molar-refractivity contribution is -0.111. The highest BCUT2D eigenvalue weighted by Crippen LogP contribution is 2.32. The summed E-state index contributed by atoms with van der Waals surface area (Å²) in [5.41, 5.74) is 1.48. The number of fused-ring (bicyclic) bond motifs is 1. The van der Waals surface area contributed by atoms with E-state index in [2.05, 4.69) is 5.32 Å². The number of hydrogen-bond donors (Lipinski definition) is 1. The predicted octanol–water partition coefficient (Wildman–Crippen LogP) is 3.52. The van der Waals surface area contributed by atoms with Crippen molar-refractivity contribution in [3.05, 3.63) is 48.0 Å². The molecule has 2 aromatic rings. The number of rotatable bonds is 6. The molecule has 0 saturated carbocycles. The van der Waals surface area contributed by atoms with Crippen LogP contribution < -0.4 is 24.3 Å². The summed E-state index contributed by atoms with van der Waals surface area (Å²) in [5.74, 6) is 2.38. The lowest BCUT2D eigenvalue weighted by atomic mass is 10.2. The van der Waals surface area contributed by atoms with Crippen LogP contribution in [0.4, 0.5) is 5.69 Å². The van der Waals surface area contributed by atoms with Gasteiger partial charge in [-0.25, -0.2) is 0 Å². The maximum absolute atomic E-state index is 12.2. The van der Waals surface area contributed by atoms with Gasteiger partial charge in [-0.2, -0.15) is 0 Å². The van der Waals surface area contributed by atoms with Crippen LogP contribution in [0.25, 0.3) is 6.08 Å². The van der Waals surface area contributed by atoms with Crippen LogP contribution in [0.3, 0.4) is 0 Å². The molecule has 0 aromatic heterocycles. The second-order valence-corrected chi connectivity index (χ2v) is 5.52. The molecule has 3 rings (SSSR count). The molecular weight excluding hydrogens is 334 g/mol. The van der Waals surface area contributed by atoms with Crippen LogP contribution in [0.5, 0.6) is 23.0 Å². The van der Waals surface area contributed by atoms with Gasteiger partial charge < -0.3 is 24.3 Å². The Morgan fingerprint density at radius 2 is 1.92 bits per heavy atom. The molecule has 0 aliphatic carbocycles. The third kappa shape index (κ3) is 4.27. The minimum absolute atomic E-state index is 0.241. The van der Waals surface area contributed by atoms with Crippen molar-refractivity contribution in [1.29, 1.82) is 0 Å². The molecular formula is C20H21NO5. The fourth-order valence-corrected chi connectivity index (χ4v) is 2.54. The maximum atomic E-state index is 12.2. The van der Waals surface area contributed by atoms with Crippen LogP contribution in [0.15, 0.2) is 42.5 Å². The lowest BCUT2D eigenvalue weighted by Gasteiger charge is -2.18. The van der Waals surface area contributed by atoms with Crippen LogP contribution in [0.2, 0.25) is 0 Å². The molecule has 1 N–H and O–H groups in total. The van der Waals surface area contributed by atoms with Gasteiger partial charge in [0, 0.05) is 17.8 Å². The molecule has 6 heteroatoms. The second-order valence-electron chi connectivity index (χ2n) is 5.52. The van der Waals surface area contributed by atoms with Crippen LogP contribution >= 0.6 is 0 Å². The highest BCUT2D eigenvalue weighted by Gasteiger charge is 2.12. The Labute approximate surface area is 152 Å². The van der Waals surface area contributed by atoms with Crippen molar-refractivity contribution in [3.63, 3.8) is 0 Å². The minimum atomic E-state index is -0.241. The summed E-state index contributed by atoms with van der Waals surface area (Å²) in [6.45, 7) is 3.51. The summed E-state index contributed by atoms with van der Waals surface area (Å²) >= 11 is 0. The zero-order valence-electron chi connectivity index (χ0n) is 14.8. The van der Waals surface area contributed by atoms with Gasteiger partial charge in [-0.3, -0.25) is 4.79 Å². The highest BCUT2D eigenvalue weighted by molar-refractivity contribution is 6.02. The first kappa shape index (κ1) is 17.7. The lowest BCUT2D eigenvalue weighted by Crippen LogP contribution is -2.16. The number of methoxy groups -OCH3 is 1. The molecule has 0 atom stereocenters. The summed E-state index contributed by atoms with van der Waals surface area (Å²) < 4.78 is 21.8. The Bertz CT molecular complexity index is 816. The Morgan fingerprint density at radius 1 is 1.12 bits per heavy atom. The third-order valence-electron chi connectivity index (χ3n) is 3.72. The van der Waals surface area contributed by atoms with E-state index in [9.17, 15) is 4.79 Å². The Morgan fingerprint density at radius 3 is 2.69 bits per heavy atom. The first-order valence-corrected chi connectivity index (χ1v) is 8.39. The molecule has 136 valence electrons. The van der Waals surface area contributed by atoms with Crippen molar-refractivity contribution in [1.82, 2.24) is 0 Å². The number of anilines is 1. The Balaban J connectivity index is 1.66. The van der Waals surface area contributed by atoms with E-state index >= 15 is 0 Å².